The van der Waals surface area contributed by atoms with Crippen LogP contribution in [0.25, 0.3) is 43.5 Å². The number of hydrogen-bond donors (Lipinski definition) is 0. The van der Waals surface area contributed by atoms with E-state index in [1.807, 2.05) is 0 Å². The molecule has 0 unspecified atom stereocenters. The second-order valence-electron chi connectivity index (χ2n) is 10.3. The molecule has 0 radical (unpaired) electrons. The Balaban J connectivity index is 1.62. The Bertz CT molecular complexity index is 1880. The normalized spacial score (nSPS) is 12.6. The van der Waals surface area contributed by atoms with Crippen LogP contribution in [-0.2, 0) is 0 Å². The largest absolute Gasteiger partial charge is 0.408 e. The molecule has 0 spiro atoms. The molecule has 0 saturated heterocycles. The van der Waals surface area contributed by atoms with Crippen molar-refractivity contribution >= 4 is 70.3 Å². The van der Waals surface area contributed by atoms with Crippen LogP contribution in [0, 0.1) is 0 Å². The van der Waals surface area contributed by atoms with Gasteiger partial charge in [0.15, 0.2) is 0 Å². The third-order valence-corrected chi connectivity index (χ3v) is 12.5. The van der Waals surface area contributed by atoms with E-state index in [0.717, 1.165) is 28.4 Å². The van der Waals surface area contributed by atoms with Gasteiger partial charge >= 0.3 is 8.16 Å². The maximum atomic E-state index is 7.09. The minimum atomic E-state index is -1.52. The third kappa shape index (κ3) is 4.75. The number of fused-ring (bicyclic) bond motifs is 7. The van der Waals surface area contributed by atoms with Gasteiger partial charge in [0, 0.05) is 24.9 Å². The molecule has 0 aliphatic heterocycles. The molecule has 1 heterocycles. The second-order valence-corrected chi connectivity index (χ2v) is 14.0. The van der Waals surface area contributed by atoms with Crippen LogP contribution in [-0.4, -0.2) is 6.04 Å². The molecule has 6 aromatic carbocycles. The summed E-state index contributed by atoms with van der Waals surface area (Å²) in [6.07, 6.45) is 0.971. The number of nitrogens with zero attached hydrogens (tertiary/aromatic N) is 1. The summed E-state index contributed by atoms with van der Waals surface area (Å²) >= 11 is 0. The molecule has 0 amide bonds. The molecule has 5 heteroatoms. The van der Waals surface area contributed by atoms with E-state index in [2.05, 4.69) is 152 Å². The fourth-order valence-corrected chi connectivity index (χ4v) is 10.6. The highest BCUT2D eigenvalue weighted by Crippen LogP contribution is 2.52. The minimum Gasteiger partial charge on any atom is -0.408 e. The quantitative estimate of drug-likeness (QED) is 0.186. The highest BCUT2D eigenvalue weighted by atomic mass is 31.2. The van der Waals surface area contributed by atoms with Gasteiger partial charge in [-0.2, -0.15) is 4.44 Å². The highest BCUT2D eigenvalue weighted by molar-refractivity contribution is 7.81. The lowest BCUT2D eigenvalue weighted by molar-refractivity contribution is 0.619. The standard InChI is InChI=1S/C36H31NO2P2/c1-3-26(2)37(40(29-16-6-4-7-17-29)30-18-8-5-9-19-30)41-38-33-24-22-27-14-10-12-20-31(27)35(33)36-32-21-13-11-15-28(32)23-25-34(36)39-41/h4-26H,3H2,1-2H3/t26-/m0/s1. The summed E-state index contributed by atoms with van der Waals surface area (Å²) in [5, 5.41) is 9.50. The average molecular weight is 572 g/mol. The first-order valence-corrected chi connectivity index (χ1v) is 16.5. The molecule has 3 nitrogen and oxygen atoms in total. The predicted molar refractivity (Wildman–Crippen MR) is 178 cm³/mol. The zero-order chi connectivity index (χ0) is 27.8. The lowest BCUT2D eigenvalue weighted by Crippen LogP contribution is -2.33. The molecule has 0 fully saturated rings. The van der Waals surface area contributed by atoms with Gasteiger partial charge in [-0.15, -0.1) is 0 Å². The van der Waals surface area contributed by atoms with Gasteiger partial charge in [0.25, 0.3) is 0 Å². The van der Waals surface area contributed by atoms with Crippen LogP contribution in [0.5, 0.6) is 0 Å². The van der Waals surface area contributed by atoms with Gasteiger partial charge in [-0.25, -0.2) is 0 Å². The van der Waals surface area contributed by atoms with E-state index in [0.29, 0.717) is 0 Å². The van der Waals surface area contributed by atoms with E-state index in [1.54, 1.807) is 0 Å². The molecule has 0 saturated carbocycles. The van der Waals surface area contributed by atoms with E-state index in [4.69, 9.17) is 8.39 Å². The lowest BCUT2D eigenvalue weighted by Gasteiger charge is -2.33. The van der Waals surface area contributed by atoms with Crippen molar-refractivity contribution in [2.45, 2.75) is 26.3 Å². The van der Waals surface area contributed by atoms with Crippen molar-refractivity contribution in [3.8, 4) is 0 Å². The molecule has 0 bridgehead atoms. The van der Waals surface area contributed by atoms with Gasteiger partial charge in [0.2, 0.25) is 0 Å². The summed E-state index contributed by atoms with van der Waals surface area (Å²) in [6, 6.07) is 47.6. The molecule has 1 aromatic heterocycles. The van der Waals surface area contributed by atoms with Crippen LogP contribution in [0.2, 0.25) is 0 Å². The Morgan fingerprint density at radius 1 is 0.585 bits per heavy atom. The minimum absolute atomic E-state index is 0.221. The Labute approximate surface area is 242 Å². The van der Waals surface area contributed by atoms with E-state index in [1.165, 1.54) is 32.2 Å². The van der Waals surface area contributed by atoms with Crippen molar-refractivity contribution in [2.75, 3.05) is 4.44 Å². The number of hydrogen-bond acceptors (Lipinski definition) is 3. The molecular weight excluding hydrogens is 540 g/mol. The first-order valence-electron chi connectivity index (χ1n) is 14.1. The SMILES string of the molecule is CC[C@H](C)N(P(c1ccccc1)c1ccccc1)p1oc2ccc3ccccc3c2c2c(ccc3ccccc32)o1. The Morgan fingerprint density at radius 3 is 1.49 bits per heavy atom. The van der Waals surface area contributed by atoms with Crippen LogP contribution in [0.15, 0.2) is 142 Å². The Morgan fingerprint density at radius 2 is 1.02 bits per heavy atom. The molecular formula is C36H31NO2P2. The van der Waals surface area contributed by atoms with Gasteiger partial charge in [-0.1, -0.05) is 128 Å². The second kappa shape index (κ2) is 11.2. The number of benzene rings is 6. The third-order valence-electron chi connectivity index (χ3n) is 7.74. The van der Waals surface area contributed by atoms with Crippen molar-refractivity contribution in [1.29, 1.82) is 0 Å². The topological polar surface area (TPSA) is 29.5 Å². The number of rotatable bonds is 6. The molecule has 7 aromatic rings. The average Bonchev–Trinajstić information content (AvgIpc) is 3.21. The van der Waals surface area contributed by atoms with Crippen LogP contribution >= 0.6 is 16.2 Å². The van der Waals surface area contributed by atoms with Crippen molar-refractivity contribution in [1.82, 2.24) is 0 Å². The first-order chi connectivity index (χ1) is 20.2. The summed E-state index contributed by atoms with van der Waals surface area (Å²) < 4.78 is 16.7. The fraction of sp³-hybridized carbons (Fsp3) is 0.111. The van der Waals surface area contributed by atoms with Crippen LogP contribution < -0.4 is 15.1 Å². The van der Waals surface area contributed by atoms with Gasteiger partial charge in [0.05, 0.1) is 0 Å². The van der Waals surface area contributed by atoms with Crippen LogP contribution in [0.3, 0.4) is 0 Å². The molecule has 202 valence electrons. The molecule has 1 atom stereocenters. The molecule has 0 aliphatic carbocycles. The summed E-state index contributed by atoms with van der Waals surface area (Å²) in [4.78, 5) is 0. The Hall–Kier alpha value is -3.87. The van der Waals surface area contributed by atoms with E-state index < -0.39 is 16.2 Å². The fourth-order valence-electron chi connectivity index (χ4n) is 5.56. The zero-order valence-corrected chi connectivity index (χ0v) is 24.9. The monoisotopic (exact) mass is 571 g/mol. The Kier molecular flexibility index (Phi) is 7.11. The molecule has 7 rings (SSSR count). The van der Waals surface area contributed by atoms with Crippen molar-refractivity contribution < 1.29 is 8.39 Å². The van der Waals surface area contributed by atoms with Gasteiger partial charge in [-0.3, -0.25) is 0 Å². The lowest BCUT2D eigenvalue weighted by atomic mass is 9.99. The van der Waals surface area contributed by atoms with E-state index in [9.17, 15) is 0 Å². The van der Waals surface area contributed by atoms with Crippen LogP contribution in [0.1, 0.15) is 20.3 Å². The van der Waals surface area contributed by atoms with Gasteiger partial charge in [-0.05, 0) is 57.6 Å². The highest BCUT2D eigenvalue weighted by Gasteiger charge is 2.31. The predicted octanol–water partition coefficient (Wildman–Crippen LogP) is 10.4. The molecule has 41 heavy (non-hydrogen) atoms. The van der Waals surface area contributed by atoms with E-state index >= 15 is 0 Å². The van der Waals surface area contributed by atoms with Crippen LogP contribution in [0.4, 0.5) is 0 Å². The summed E-state index contributed by atoms with van der Waals surface area (Å²) in [5.41, 5.74) is 1.74. The van der Waals surface area contributed by atoms with Crippen molar-refractivity contribution in [2.24, 2.45) is 0 Å². The van der Waals surface area contributed by atoms with E-state index in [-0.39, 0.29) is 6.04 Å². The smallest absolute Gasteiger partial charge is 0.314 e. The summed E-state index contributed by atoms with van der Waals surface area (Å²) in [7, 11) is -2.45. The van der Waals surface area contributed by atoms with Crippen molar-refractivity contribution in [3.05, 3.63) is 133 Å². The molecule has 0 aliphatic rings. The molecule has 0 N–H and O–H groups in total. The maximum Gasteiger partial charge on any atom is 0.314 e. The summed E-state index contributed by atoms with van der Waals surface area (Å²) in [6.45, 7) is 4.54. The van der Waals surface area contributed by atoms with Gasteiger partial charge in [0.1, 0.15) is 11.2 Å². The first kappa shape index (κ1) is 26.1. The van der Waals surface area contributed by atoms with Gasteiger partial charge < -0.3 is 8.39 Å². The maximum absolute atomic E-state index is 7.09. The summed E-state index contributed by atoms with van der Waals surface area (Å²) in [5.74, 6) is 0. The zero-order valence-electron chi connectivity index (χ0n) is 23.1. The van der Waals surface area contributed by atoms with Crippen molar-refractivity contribution in [3.63, 3.8) is 0 Å².